The highest BCUT2D eigenvalue weighted by Gasteiger charge is 2.27. The highest BCUT2D eigenvalue weighted by molar-refractivity contribution is 6.20. The molecule has 3 aliphatic rings. The number of nitrogens with zero attached hydrogens (tertiary/aromatic N) is 3. The molecular weight excluding hydrogens is 655 g/mol. The molecule has 0 amide bonds. The molecule has 300 valence electrons. The Morgan fingerprint density at radius 3 is 1.96 bits per heavy atom. The van der Waals surface area contributed by atoms with Gasteiger partial charge in [0.15, 0.2) is 11.5 Å². The molecule has 0 saturated heterocycles. The molecule has 0 atom stereocenters. The first-order valence-electron chi connectivity index (χ1n) is 20.8. The largest absolute Gasteiger partial charge is 0.500 e. The number of nitrogens with two attached hydrogens (primary N) is 1. The SMILES string of the molecule is C1CCCC1.CC.CCCC.CCCCC.CN.COC1=C(c2cc(C(=O)CCC/C=C3/Nc4cc(C)c(C)cc4N3C)cc(C)n2)C(C)=[N+](C)CC1. The van der Waals surface area contributed by atoms with E-state index in [-0.39, 0.29) is 5.78 Å². The Labute approximate surface area is 326 Å². The van der Waals surface area contributed by atoms with Gasteiger partial charge in [-0.15, -0.1) is 0 Å². The van der Waals surface area contributed by atoms with Crippen LogP contribution in [0.5, 0.6) is 0 Å². The van der Waals surface area contributed by atoms with Gasteiger partial charge in [0.1, 0.15) is 30.7 Å². The van der Waals surface area contributed by atoms with Crippen molar-refractivity contribution in [2.75, 3.05) is 45.0 Å². The third-order valence-electron chi connectivity index (χ3n) is 9.67. The van der Waals surface area contributed by atoms with Crippen molar-refractivity contribution >= 4 is 28.4 Å². The predicted molar refractivity (Wildman–Crippen MR) is 234 cm³/mol. The Hall–Kier alpha value is -3.45. The van der Waals surface area contributed by atoms with Crippen molar-refractivity contribution in [1.82, 2.24) is 4.98 Å². The summed E-state index contributed by atoms with van der Waals surface area (Å²) < 4.78 is 7.90. The van der Waals surface area contributed by atoms with E-state index in [0.717, 1.165) is 71.3 Å². The van der Waals surface area contributed by atoms with Crippen LogP contribution in [0.1, 0.15) is 171 Å². The van der Waals surface area contributed by atoms with Crippen molar-refractivity contribution in [3.05, 3.63) is 70.0 Å². The highest BCUT2D eigenvalue weighted by atomic mass is 16.5. The second-order valence-corrected chi connectivity index (χ2v) is 13.8. The van der Waals surface area contributed by atoms with Gasteiger partial charge in [-0.2, -0.15) is 0 Å². The maximum absolute atomic E-state index is 13.1. The van der Waals surface area contributed by atoms with Gasteiger partial charge >= 0.3 is 0 Å². The number of unbranched alkanes of at least 4 members (excludes halogenated alkanes) is 4. The summed E-state index contributed by atoms with van der Waals surface area (Å²) in [6.07, 6.45) is 19.4. The first-order chi connectivity index (χ1) is 25.5. The van der Waals surface area contributed by atoms with Crippen LogP contribution in [0.4, 0.5) is 11.4 Å². The van der Waals surface area contributed by atoms with Gasteiger partial charge in [-0.1, -0.05) is 106 Å². The van der Waals surface area contributed by atoms with Crippen molar-refractivity contribution in [1.29, 1.82) is 0 Å². The van der Waals surface area contributed by atoms with Crippen molar-refractivity contribution in [2.45, 2.75) is 159 Å². The standard InChI is InChI=1S/C29H37N4O2.C5H10.C5H12.C4H10.C2H6.CH5N/c1-18-14-23-25(15-19(18)2)33(6)28(31-23)11-9-8-10-26(34)22-16-20(3)30-24(17-22)29-21(4)32(5)13-12-27(29)35-7;1-2-4-5-3-1;1-3-5-4-2;1-3-4-2;2*1-2/h11,14-17,31H,8-10,12-13H2,1-7H3;1-5H2;3-5H2,1-2H3;3-4H2,1-2H3;1-2H3;2H2,1H3/q+1;;;;;/b28-11-;;;;;. The number of methoxy groups -OCH3 is 1. The van der Waals surface area contributed by atoms with Crippen LogP contribution in [0.3, 0.4) is 0 Å². The maximum atomic E-state index is 13.1. The summed E-state index contributed by atoms with van der Waals surface area (Å²) in [7, 11) is 7.37. The summed E-state index contributed by atoms with van der Waals surface area (Å²) in [6, 6.07) is 8.24. The maximum Gasteiger partial charge on any atom is 0.185 e. The second-order valence-electron chi connectivity index (χ2n) is 13.8. The molecular formula is C46H80N5O2+. The summed E-state index contributed by atoms with van der Waals surface area (Å²) in [4.78, 5) is 20.0. The minimum absolute atomic E-state index is 0.152. The van der Waals surface area contributed by atoms with Crippen LogP contribution in [-0.2, 0) is 4.74 Å². The Morgan fingerprint density at radius 2 is 1.45 bits per heavy atom. The molecule has 1 aromatic carbocycles. The number of nitrogens with one attached hydrogen (secondary N) is 1. The number of rotatable bonds is 10. The Morgan fingerprint density at radius 1 is 0.887 bits per heavy atom. The van der Waals surface area contributed by atoms with E-state index < -0.39 is 0 Å². The number of fused-ring (bicyclic) bond motifs is 1. The summed E-state index contributed by atoms with van der Waals surface area (Å²) in [6.45, 7) is 22.0. The molecule has 0 spiro atoms. The fourth-order valence-electron chi connectivity index (χ4n) is 6.05. The first-order valence-corrected chi connectivity index (χ1v) is 20.8. The smallest absolute Gasteiger partial charge is 0.185 e. The van der Waals surface area contributed by atoms with Gasteiger partial charge in [0.05, 0.1) is 30.6 Å². The lowest BCUT2D eigenvalue weighted by Gasteiger charge is -2.18. The normalized spacial score (nSPS) is 14.8. The number of carbonyl (C=O) groups is 1. The van der Waals surface area contributed by atoms with Crippen LogP contribution in [0.15, 0.2) is 41.9 Å². The van der Waals surface area contributed by atoms with Crippen molar-refractivity contribution in [3.63, 3.8) is 0 Å². The number of benzene rings is 1. The fraction of sp³-hybridized carbons (Fsp3) is 0.630. The molecule has 7 nitrogen and oxygen atoms in total. The molecule has 53 heavy (non-hydrogen) atoms. The molecule has 3 heterocycles. The number of aromatic nitrogens is 1. The van der Waals surface area contributed by atoms with E-state index in [2.05, 4.69) is 101 Å². The Balaban J connectivity index is 0.00000125. The molecule has 2 aromatic rings. The summed E-state index contributed by atoms with van der Waals surface area (Å²) in [5, 5.41) is 3.51. The van der Waals surface area contributed by atoms with E-state index in [9.17, 15) is 4.79 Å². The quantitative estimate of drug-likeness (QED) is 0.144. The molecule has 0 radical (unpaired) electrons. The molecule has 1 saturated carbocycles. The number of anilines is 2. The number of allylic oxidation sites excluding steroid dienone is 2. The van der Waals surface area contributed by atoms with E-state index in [1.54, 1.807) is 7.11 Å². The monoisotopic (exact) mass is 735 g/mol. The average molecular weight is 735 g/mol. The van der Waals surface area contributed by atoms with E-state index in [4.69, 9.17) is 9.72 Å². The number of ether oxygens (including phenoxy) is 1. The number of hydrogen-bond donors (Lipinski definition) is 2. The molecule has 1 aliphatic carbocycles. The van der Waals surface area contributed by atoms with E-state index in [1.165, 1.54) is 88.1 Å². The third-order valence-corrected chi connectivity index (χ3v) is 9.67. The van der Waals surface area contributed by atoms with Crippen LogP contribution in [0, 0.1) is 20.8 Å². The number of carbonyl (C=O) groups excluding carboxylic acids is 1. The minimum atomic E-state index is 0.152. The van der Waals surface area contributed by atoms with Crippen LogP contribution < -0.4 is 16.0 Å². The zero-order valence-electron chi connectivity index (χ0n) is 36.7. The lowest BCUT2D eigenvalue weighted by molar-refractivity contribution is -0.497. The van der Waals surface area contributed by atoms with Crippen molar-refractivity contribution in [3.8, 4) is 0 Å². The number of hydrogen-bond acceptors (Lipinski definition) is 6. The Kier molecular flexibility index (Phi) is 27.1. The van der Waals surface area contributed by atoms with Gasteiger partial charge < -0.3 is 20.7 Å². The predicted octanol–water partition coefficient (Wildman–Crippen LogP) is 12.2. The van der Waals surface area contributed by atoms with Crippen LogP contribution >= 0.6 is 0 Å². The molecule has 0 bridgehead atoms. The Bertz CT molecular complexity index is 1420. The topological polar surface area (TPSA) is 83.5 Å². The van der Waals surface area contributed by atoms with Crippen molar-refractivity contribution in [2.24, 2.45) is 5.73 Å². The van der Waals surface area contributed by atoms with Crippen LogP contribution in [0.25, 0.3) is 5.57 Å². The number of ketones is 1. The number of aryl methyl sites for hydroxylation is 3. The van der Waals surface area contributed by atoms with Crippen LogP contribution in [-0.4, -0.2) is 55.9 Å². The van der Waals surface area contributed by atoms with Gasteiger partial charge in [0.25, 0.3) is 0 Å². The molecule has 1 aromatic heterocycles. The molecule has 7 heteroatoms. The van der Waals surface area contributed by atoms with Gasteiger partial charge in [-0.3, -0.25) is 9.78 Å². The lowest BCUT2D eigenvalue weighted by Crippen LogP contribution is -2.25. The summed E-state index contributed by atoms with van der Waals surface area (Å²) in [5.41, 5.74) is 13.9. The molecule has 5 rings (SSSR count). The first kappa shape index (κ1) is 49.6. The van der Waals surface area contributed by atoms with Crippen LogP contribution in [0.2, 0.25) is 0 Å². The number of Topliss-reactive ketones (excluding diaryl/α,β-unsaturated/α-hetero) is 1. The molecule has 3 N–H and O–H groups in total. The zero-order valence-corrected chi connectivity index (χ0v) is 36.7. The molecule has 0 unspecified atom stereocenters. The lowest BCUT2D eigenvalue weighted by atomic mass is 9.97. The fourth-order valence-corrected chi connectivity index (χ4v) is 6.05. The van der Waals surface area contributed by atoms with Gasteiger partial charge in [0.2, 0.25) is 0 Å². The second kappa shape index (κ2) is 29.0. The minimum Gasteiger partial charge on any atom is -0.500 e. The van der Waals surface area contributed by atoms with Crippen molar-refractivity contribution < 1.29 is 14.1 Å². The average Bonchev–Trinajstić information content (AvgIpc) is 3.86. The van der Waals surface area contributed by atoms with E-state index in [1.807, 2.05) is 32.9 Å². The van der Waals surface area contributed by atoms with Gasteiger partial charge in [-0.25, -0.2) is 4.58 Å². The molecule has 2 aliphatic heterocycles. The van der Waals surface area contributed by atoms with E-state index >= 15 is 0 Å². The van der Waals surface area contributed by atoms with E-state index in [0.29, 0.717) is 6.42 Å². The van der Waals surface area contributed by atoms with Gasteiger partial charge in [0, 0.05) is 31.6 Å². The highest BCUT2D eigenvalue weighted by Crippen LogP contribution is 2.37. The summed E-state index contributed by atoms with van der Waals surface area (Å²) in [5.74, 6) is 2.16. The molecule has 1 fully saturated rings. The third kappa shape index (κ3) is 17.1. The van der Waals surface area contributed by atoms with Gasteiger partial charge in [-0.05, 0) is 82.1 Å². The number of pyridine rings is 1. The summed E-state index contributed by atoms with van der Waals surface area (Å²) >= 11 is 0. The zero-order chi connectivity index (χ0) is 40.3.